The minimum absolute atomic E-state index is 0.147. The first-order valence-electron chi connectivity index (χ1n) is 8.82. The summed E-state index contributed by atoms with van der Waals surface area (Å²) < 4.78 is 15.6. The second-order valence-corrected chi connectivity index (χ2v) is 6.11. The van der Waals surface area contributed by atoms with Crippen molar-refractivity contribution in [3.63, 3.8) is 0 Å². The molecule has 1 N–H and O–H groups in total. The average molecular weight is 403 g/mol. The van der Waals surface area contributed by atoms with Gasteiger partial charge in [-0.1, -0.05) is 29.4 Å². The predicted molar refractivity (Wildman–Crippen MR) is 108 cm³/mol. The molecule has 3 rings (SSSR count). The lowest BCUT2D eigenvalue weighted by Crippen LogP contribution is -2.13. The normalized spacial score (nSPS) is 10.8. The van der Waals surface area contributed by atoms with E-state index >= 15 is 0 Å². The number of benzene rings is 2. The molecule has 8 heteroatoms. The first kappa shape index (κ1) is 20.4. The van der Waals surface area contributed by atoms with Crippen molar-refractivity contribution in [2.45, 2.75) is 6.92 Å². The number of nitrogens with one attached hydrogen (secondary N) is 1. The van der Waals surface area contributed by atoms with Crippen LogP contribution in [0.5, 0.6) is 11.5 Å². The van der Waals surface area contributed by atoms with Crippen LogP contribution in [-0.4, -0.2) is 24.1 Å². The van der Waals surface area contributed by atoms with Crippen molar-refractivity contribution in [3.05, 3.63) is 77.1 Å². The molecule has 2 aromatic carbocycles. The van der Waals surface area contributed by atoms with Gasteiger partial charge in [-0.15, -0.1) is 0 Å². The summed E-state index contributed by atoms with van der Waals surface area (Å²) in [5, 5.41) is 15.5. The number of methoxy groups -OCH3 is 1. The van der Waals surface area contributed by atoms with Crippen LogP contribution < -0.4 is 14.8 Å². The number of carbonyl (C=O) groups is 2. The van der Waals surface area contributed by atoms with E-state index in [4.69, 9.17) is 14.0 Å². The Morgan fingerprint density at radius 3 is 2.53 bits per heavy atom. The number of amides is 1. The molecular formula is C22H17N3O5. The van der Waals surface area contributed by atoms with Crippen molar-refractivity contribution < 1.29 is 23.6 Å². The molecular weight excluding hydrogens is 386 g/mol. The van der Waals surface area contributed by atoms with Crippen molar-refractivity contribution >= 4 is 23.8 Å². The Labute approximate surface area is 172 Å². The second-order valence-electron chi connectivity index (χ2n) is 6.11. The summed E-state index contributed by atoms with van der Waals surface area (Å²) in [7, 11) is 1.42. The zero-order valence-electron chi connectivity index (χ0n) is 16.2. The number of aryl methyl sites for hydroxylation is 1. The maximum absolute atomic E-state index is 12.3. The molecule has 0 saturated carbocycles. The van der Waals surface area contributed by atoms with Crippen molar-refractivity contribution in [2.75, 3.05) is 12.4 Å². The first-order valence-corrected chi connectivity index (χ1v) is 8.82. The summed E-state index contributed by atoms with van der Waals surface area (Å²) in [6.45, 7) is 1.68. The standard InChI is InChI=1S/C22H17N3O5/c1-14-10-20(25-30-14)24-21(26)17(13-23)11-15-8-9-18(19(12-15)28-2)29-22(27)16-6-4-3-5-7-16/h3-12H,1-2H3,(H,24,25,26). The SMILES string of the molecule is COc1cc(C=C(C#N)C(=O)Nc2cc(C)on2)ccc1OC(=O)c1ccccc1. The molecule has 1 heterocycles. The minimum atomic E-state index is -0.635. The maximum atomic E-state index is 12.3. The van der Waals surface area contributed by atoms with E-state index in [1.807, 2.05) is 6.07 Å². The van der Waals surface area contributed by atoms with E-state index < -0.39 is 11.9 Å². The van der Waals surface area contributed by atoms with Crippen molar-refractivity contribution in [2.24, 2.45) is 0 Å². The zero-order valence-corrected chi connectivity index (χ0v) is 16.2. The molecule has 0 fully saturated rings. The Bertz CT molecular complexity index is 1140. The van der Waals surface area contributed by atoms with Crippen molar-refractivity contribution in [3.8, 4) is 17.6 Å². The van der Waals surface area contributed by atoms with Gasteiger partial charge in [0, 0.05) is 6.07 Å². The third-order valence-corrected chi connectivity index (χ3v) is 3.95. The Morgan fingerprint density at radius 2 is 1.90 bits per heavy atom. The van der Waals surface area contributed by atoms with E-state index in [0.29, 0.717) is 16.9 Å². The van der Waals surface area contributed by atoms with Gasteiger partial charge in [0.15, 0.2) is 17.3 Å². The molecule has 1 aromatic heterocycles. The molecule has 0 saturated heterocycles. The molecule has 8 nitrogen and oxygen atoms in total. The van der Waals surface area contributed by atoms with Crippen LogP contribution in [0.2, 0.25) is 0 Å². The largest absolute Gasteiger partial charge is 0.493 e. The highest BCUT2D eigenvalue weighted by Gasteiger charge is 2.15. The second kappa shape index (κ2) is 9.21. The van der Waals surface area contributed by atoms with Crippen LogP contribution in [0, 0.1) is 18.3 Å². The molecule has 0 atom stereocenters. The number of carbonyl (C=O) groups excluding carboxylic acids is 2. The first-order chi connectivity index (χ1) is 14.5. The topological polar surface area (TPSA) is 114 Å². The fourth-order valence-corrected chi connectivity index (χ4v) is 2.52. The van der Waals surface area contributed by atoms with E-state index in [1.165, 1.54) is 25.3 Å². The van der Waals surface area contributed by atoms with Gasteiger partial charge < -0.3 is 19.3 Å². The fourth-order valence-electron chi connectivity index (χ4n) is 2.52. The lowest BCUT2D eigenvalue weighted by atomic mass is 10.1. The number of ether oxygens (including phenoxy) is 2. The van der Waals surface area contributed by atoms with Gasteiger partial charge in [0.25, 0.3) is 5.91 Å². The molecule has 0 bridgehead atoms. The molecule has 0 unspecified atom stereocenters. The highest BCUT2D eigenvalue weighted by molar-refractivity contribution is 6.09. The number of esters is 1. The van der Waals surface area contributed by atoms with Gasteiger partial charge >= 0.3 is 5.97 Å². The van der Waals surface area contributed by atoms with Gasteiger partial charge in [-0.25, -0.2) is 4.79 Å². The summed E-state index contributed by atoms with van der Waals surface area (Å²) in [6.07, 6.45) is 1.38. The van der Waals surface area contributed by atoms with E-state index in [2.05, 4.69) is 10.5 Å². The molecule has 0 aliphatic carbocycles. The number of hydrogen-bond donors (Lipinski definition) is 1. The zero-order chi connectivity index (χ0) is 21.5. The Kier molecular flexibility index (Phi) is 6.25. The number of anilines is 1. The monoisotopic (exact) mass is 403 g/mol. The third-order valence-electron chi connectivity index (χ3n) is 3.95. The lowest BCUT2D eigenvalue weighted by Gasteiger charge is -2.10. The fraction of sp³-hybridized carbons (Fsp3) is 0.0909. The molecule has 0 aliphatic rings. The maximum Gasteiger partial charge on any atom is 0.343 e. The van der Waals surface area contributed by atoms with E-state index in [1.54, 1.807) is 49.4 Å². The van der Waals surface area contributed by atoms with Gasteiger partial charge in [-0.05, 0) is 42.8 Å². The van der Waals surface area contributed by atoms with E-state index in [-0.39, 0.29) is 22.9 Å². The molecule has 1 amide bonds. The van der Waals surface area contributed by atoms with Crippen LogP contribution in [0.4, 0.5) is 5.82 Å². The van der Waals surface area contributed by atoms with Gasteiger partial charge in [-0.3, -0.25) is 4.79 Å². The molecule has 3 aromatic rings. The van der Waals surface area contributed by atoms with Crippen LogP contribution in [0.15, 0.2) is 64.7 Å². The van der Waals surface area contributed by atoms with Crippen LogP contribution >= 0.6 is 0 Å². The summed E-state index contributed by atoms with van der Waals surface area (Å²) in [4.78, 5) is 24.6. The van der Waals surface area contributed by atoms with E-state index in [9.17, 15) is 14.9 Å². The van der Waals surface area contributed by atoms with Gasteiger partial charge in [0.05, 0.1) is 12.7 Å². The minimum Gasteiger partial charge on any atom is -0.493 e. The van der Waals surface area contributed by atoms with Gasteiger partial charge in [0.1, 0.15) is 17.4 Å². The summed E-state index contributed by atoms with van der Waals surface area (Å²) in [5.41, 5.74) is 0.760. The van der Waals surface area contributed by atoms with Crippen molar-refractivity contribution in [1.29, 1.82) is 5.26 Å². The van der Waals surface area contributed by atoms with Crippen molar-refractivity contribution in [1.82, 2.24) is 5.16 Å². The Hall–Kier alpha value is -4.38. The highest BCUT2D eigenvalue weighted by Crippen LogP contribution is 2.29. The summed E-state index contributed by atoms with van der Waals surface area (Å²) in [6, 6.07) is 16.6. The van der Waals surface area contributed by atoms with E-state index in [0.717, 1.165) is 0 Å². The molecule has 0 radical (unpaired) electrons. The number of nitrogens with zero attached hydrogens (tertiary/aromatic N) is 2. The van der Waals surface area contributed by atoms with Crippen LogP contribution in [-0.2, 0) is 4.79 Å². The van der Waals surface area contributed by atoms with Gasteiger partial charge in [0.2, 0.25) is 0 Å². The quantitative estimate of drug-likeness (QED) is 0.288. The highest BCUT2D eigenvalue weighted by atomic mass is 16.6. The molecule has 30 heavy (non-hydrogen) atoms. The Balaban J connectivity index is 1.79. The van der Waals surface area contributed by atoms with Crippen LogP contribution in [0.25, 0.3) is 6.08 Å². The molecule has 0 aliphatic heterocycles. The lowest BCUT2D eigenvalue weighted by molar-refractivity contribution is -0.112. The predicted octanol–water partition coefficient (Wildman–Crippen LogP) is 3.76. The average Bonchev–Trinajstić information content (AvgIpc) is 3.17. The van der Waals surface area contributed by atoms with Gasteiger partial charge in [-0.2, -0.15) is 5.26 Å². The Morgan fingerprint density at radius 1 is 1.13 bits per heavy atom. The molecule has 150 valence electrons. The smallest absolute Gasteiger partial charge is 0.343 e. The number of hydrogen-bond acceptors (Lipinski definition) is 7. The summed E-state index contributed by atoms with van der Waals surface area (Å²) >= 11 is 0. The number of rotatable bonds is 6. The van der Waals surface area contributed by atoms with Crippen LogP contribution in [0.3, 0.4) is 0 Å². The van der Waals surface area contributed by atoms with Crippen LogP contribution in [0.1, 0.15) is 21.7 Å². The summed E-state index contributed by atoms with van der Waals surface area (Å²) in [5.74, 6) is 0.0569. The molecule has 0 spiro atoms. The number of nitriles is 1. The number of aromatic nitrogens is 1. The third kappa shape index (κ3) is 4.91.